The molecule has 208 valence electrons. The molecule has 0 aliphatic carbocycles. The van der Waals surface area contributed by atoms with Gasteiger partial charge in [-0.05, 0) is 42.7 Å². The summed E-state index contributed by atoms with van der Waals surface area (Å²) < 4.78 is 69.2. The molecule has 4 rings (SSSR count). The van der Waals surface area contributed by atoms with Crippen molar-refractivity contribution >= 4 is 39.1 Å². The zero-order chi connectivity index (χ0) is 28.5. The molecule has 0 atom stereocenters. The molecule has 0 radical (unpaired) electrons. The Kier molecular flexibility index (Phi) is 7.54. The highest BCUT2D eigenvalue weighted by atomic mass is 32.2. The van der Waals surface area contributed by atoms with Gasteiger partial charge in [0.2, 0.25) is 5.84 Å². The summed E-state index contributed by atoms with van der Waals surface area (Å²) in [6.07, 6.45) is 2.41. The van der Waals surface area contributed by atoms with E-state index in [0.29, 0.717) is 34.7 Å². The van der Waals surface area contributed by atoms with E-state index in [4.69, 9.17) is 0 Å². The second kappa shape index (κ2) is 10.6. The lowest BCUT2D eigenvalue weighted by atomic mass is 10.2. The largest absolute Gasteiger partial charge is 0.516 e. The van der Waals surface area contributed by atoms with Gasteiger partial charge in [0.15, 0.2) is 0 Å². The van der Waals surface area contributed by atoms with E-state index in [0.717, 1.165) is 12.7 Å². The van der Waals surface area contributed by atoms with Crippen molar-refractivity contribution in [1.29, 1.82) is 0 Å². The van der Waals surface area contributed by atoms with Gasteiger partial charge in [0, 0.05) is 12.7 Å². The van der Waals surface area contributed by atoms with Crippen LogP contribution in [0, 0.1) is 6.92 Å². The van der Waals surface area contributed by atoms with Crippen LogP contribution < -0.4 is 10.3 Å². The van der Waals surface area contributed by atoms with E-state index < -0.39 is 33.9 Å². The van der Waals surface area contributed by atoms with Gasteiger partial charge in [-0.2, -0.15) is 21.6 Å². The average Bonchev–Trinajstić information content (AvgIpc) is 3.28. The number of fused-ring (bicyclic) bond motifs is 1. The maximum atomic E-state index is 13.1. The predicted molar refractivity (Wildman–Crippen MR) is 135 cm³/mol. The lowest BCUT2D eigenvalue weighted by Crippen LogP contribution is -2.53. The number of rotatable bonds is 7. The maximum absolute atomic E-state index is 13.1. The van der Waals surface area contributed by atoms with E-state index in [1.165, 1.54) is 5.01 Å². The summed E-state index contributed by atoms with van der Waals surface area (Å²) in [6.45, 7) is 3.08. The molecule has 1 aromatic carbocycles. The van der Waals surface area contributed by atoms with E-state index in [2.05, 4.69) is 20.1 Å². The zero-order valence-corrected chi connectivity index (χ0v) is 22.0. The quantitative estimate of drug-likeness (QED) is 0.436. The van der Waals surface area contributed by atoms with Crippen LogP contribution in [0.4, 0.5) is 18.9 Å². The van der Waals surface area contributed by atoms with Gasteiger partial charge in [0.05, 0.1) is 31.6 Å². The second-order valence-corrected chi connectivity index (χ2v) is 10.5. The number of carbonyl (C=O) groups excluding carboxylic acids is 2. The highest BCUT2D eigenvalue weighted by Gasteiger charge is 2.53. The van der Waals surface area contributed by atoms with Crippen LogP contribution in [0.3, 0.4) is 0 Å². The van der Waals surface area contributed by atoms with Crippen molar-refractivity contribution in [3.8, 4) is 0 Å². The number of hydrazone groups is 1. The Hall–Kier alpha value is -4.14. The maximum Gasteiger partial charge on any atom is 0.516 e. The average molecular weight is 567 g/mol. The Labute approximate surface area is 221 Å². The molecule has 39 heavy (non-hydrogen) atoms. The Morgan fingerprint density at radius 3 is 2.41 bits per heavy atom. The fourth-order valence-corrected chi connectivity index (χ4v) is 4.93. The number of amidine groups is 1. The number of imidazole rings is 1. The smallest absolute Gasteiger partial charge is 0.463 e. The number of amides is 1. The minimum atomic E-state index is -5.84. The van der Waals surface area contributed by atoms with E-state index in [1.54, 1.807) is 28.7 Å². The van der Waals surface area contributed by atoms with E-state index in [1.807, 2.05) is 32.2 Å². The first-order valence-electron chi connectivity index (χ1n) is 11.8. The van der Waals surface area contributed by atoms with Gasteiger partial charge in [0.25, 0.3) is 5.91 Å². The van der Waals surface area contributed by atoms with Crippen LogP contribution in [-0.4, -0.2) is 65.5 Å². The fraction of sp³-hybridized carbons (Fsp3) is 0.333. The van der Waals surface area contributed by atoms with Gasteiger partial charge in [-0.3, -0.25) is 14.2 Å². The molecular weight excluding hydrogens is 541 g/mol. The fourth-order valence-electron chi connectivity index (χ4n) is 4.02. The number of hydrogen-bond acceptors (Lipinski definition) is 8. The number of esters is 1. The molecule has 15 heteroatoms. The highest BCUT2D eigenvalue weighted by molar-refractivity contribution is 7.90. The first-order chi connectivity index (χ1) is 18.4. The summed E-state index contributed by atoms with van der Waals surface area (Å²) >= 11 is 0. The number of alkyl halides is 3. The number of pyridine rings is 1. The van der Waals surface area contributed by atoms with Crippen LogP contribution in [0.15, 0.2) is 47.7 Å². The molecular formula is C24H25F3N6O5S. The molecule has 0 unspecified atom stereocenters. The van der Waals surface area contributed by atoms with Gasteiger partial charge in [-0.15, -0.1) is 5.10 Å². The summed E-state index contributed by atoms with van der Waals surface area (Å²) in [5.41, 5.74) is -1.75. The number of ether oxygens (including phenoxy) is 1. The lowest BCUT2D eigenvalue weighted by molar-refractivity contribution is -0.133. The molecule has 0 saturated heterocycles. The van der Waals surface area contributed by atoms with Crippen LogP contribution in [0.5, 0.6) is 0 Å². The molecule has 0 bridgehead atoms. The summed E-state index contributed by atoms with van der Waals surface area (Å²) in [5.74, 6) is -2.64. The van der Waals surface area contributed by atoms with Crippen molar-refractivity contribution in [2.24, 2.45) is 5.10 Å². The molecule has 3 aromatic rings. The second-order valence-electron chi connectivity index (χ2n) is 8.61. The summed E-state index contributed by atoms with van der Waals surface area (Å²) in [6, 6.07) is 10.3. The van der Waals surface area contributed by atoms with Crippen LogP contribution >= 0.6 is 0 Å². The van der Waals surface area contributed by atoms with Crippen LogP contribution in [0.1, 0.15) is 34.2 Å². The molecule has 11 nitrogen and oxygen atoms in total. The molecule has 1 aliphatic heterocycles. The Morgan fingerprint density at radius 2 is 1.79 bits per heavy atom. The summed E-state index contributed by atoms with van der Waals surface area (Å²) in [4.78, 5) is 29.6. The number of benzene rings is 1. The van der Waals surface area contributed by atoms with Gasteiger partial charge < -0.3 is 10.1 Å². The van der Waals surface area contributed by atoms with Crippen LogP contribution in [0.2, 0.25) is 0 Å². The molecule has 2 aromatic heterocycles. The van der Waals surface area contributed by atoms with Crippen molar-refractivity contribution in [3.63, 3.8) is 0 Å². The third kappa shape index (κ3) is 5.39. The van der Waals surface area contributed by atoms with Gasteiger partial charge in [0.1, 0.15) is 11.3 Å². The van der Waals surface area contributed by atoms with Gasteiger partial charge >= 0.3 is 21.5 Å². The standard InChI is InChI=1S/C24H25F3N6O5S/c1-4-18-20(31-14-15(2)5-10-19(31)29-18)22(34)28-13-16-6-8-17(9-7-16)32-11-12-33(21(30-32)23(35)38-3)39(36,37)24(25,26)27/h5-10,14H,4,11-13H2,1-3H3,(H,28,34). The van der Waals surface area contributed by atoms with Crippen molar-refractivity contribution in [1.82, 2.24) is 19.0 Å². The number of sulfonamides is 1. The molecule has 0 fully saturated rings. The van der Waals surface area contributed by atoms with E-state index in [9.17, 15) is 31.2 Å². The van der Waals surface area contributed by atoms with E-state index >= 15 is 0 Å². The number of aromatic nitrogens is 2. The van der Waals surface area contributed by atoms with E-state index in [-0.39, 0.29) is 23.3 Å². The lowest BCUT2D eigenvalue weighted by Gasteiger charge is -2.33. The number of methoxy groups -OCH3 is 1. The molecule has 0 saturated carbocycles. The number of nitrogens with zero attached hydrogens (tertiary/aromatic N) is 5. The molecule has 1 N–H and O–H groups in total. The van der Waals surface area contributed by atoms with Crippen molar-refractivity contribution in [3.05, 3.63) is 65.1 Å². The first-order valence-corrected chi connectivity index (χ1v) is 13.2. The highest BCUT2D eigenvalue weighted by Crippen LogP contribution is 2.29. The van der Waals surface area contributed by atoms with Crippen LogP contribution in [0.25, 0.3) is 5.65 Å². The topological polar surface area (TPSA) is 126 Å². The number of nitrogens with one attached hydrogen (secondary N) is 1. The third-order valence-electron chi connectivity index (χ3n) is 5.99. The van der Waals surface area contributed by atoms with Crippen molar-refractivity contribution < 1.29 is 35.9 Å². The number of carbonyl (C=O) groups is 2. The first kappa shape index (κ1) is 27.9. The van der Waals surface area contributed by atoms with Gasteiger partial charge in [-0.1, -0.05) is 25.1 Å². The summed E-state index contributed by atoms with van der Waals surface area (Å²) in [7, 11) is -4.94. The molecule has 1 amide bonds. The number of aryl methyl sites for hydroxylation is 2. The monoisotopic (exact) mass is 566 g/mol. The number of halogens is 3. The minimum absolute atomic E-state index is 0.106. The van der Waals surface area contributed by atoms with Crippen molar-refractivity contribution in [2.45, 2.75) is 32.3 Å². The van der Waals surface area contributed by atoms with Gasteiger partial charge in [-0.25, -0.2) is 14.1 Å². The SMILES string of the molecule is CCc1nc2ccc(C)cn2c1C(=O)NCc1ccc(N2CCN(S(=O)(=O)C(F)(F)F)C(C(=O)OC)=N2)cc1. The third-order valence-corrected chi connectivity index (χ3v) is 7.51. The Morgan fingerprint density at radius 1 is 1.10 bits per heavy atom. The Balaban J connectivity index is 1.51. The minimum Gasteiger partial charge on any atom is -0.463 e. The number of anilines is 1. The summed E-state index contributed by atoms with van der Waals surface area (Å²) in [5, 5.41) is 7.89. The van der Waals surface area contributed by atoms with Crippen molar-refractivity contribution in [2.75, 3.05) is 25.2 Å². The Bertz CT molecular complexity index is 1550. The molecule has 1 aliphatic rings. The molecule has 3 heterocycles. The molecule has 0 spiro atoms. The zero-order valence-electron chi connectivity index (χ0n) is 21.2. The van der Waals surface area contributed by atoms with Crippen LogP contribution in [-0.2, 0) is 32.5 Å². The predicted octanol–water partition coefficient (Wildman–Crippen LogP) is 2.59. The number of hydrogen-bond donors (Lipinski definition) is 1. The normalized spacial score (nSPS) is 14.4.